The van der Waals surface area contributed by atoms with E-state index in [1.165, 1.54) is 30.2 Å². The number of nitro groups is 1. The summed E-state index contributed by atoms with van der Waals surface area (Å²) in [5, 5.41) is 18.9. The lowest BCUT2D eigenvalue weighted by Crippen LogP contribution is -2.47. The summed E-state index contributed by atoms with van der Waals surface area (Å²) in [6, 6.07) is 27.9. The van der Waals surface area contributed by atoms with Crippen molar-refractivity contribution in [3.63, 3.8) is 0 Å². The van der Waals surface area contributed by atoms with Crippen LogP contribution in [0.25, 0.3) is 10.4 Å². The van der Waals surface area contributed by atoms with Crippen molar-refractivity contribution in [3.05, 3.63) is 134 Å². The van der Waals surface area contributed by atoms with Gasteiger partial charge in [-0.25, -0.2) is 0 Å². The predicted octanol–water partition coefficient (Wildman–Crippen LogP) is 8.03. The third kappa shape index (κ3) is 8.18. The molecule has 1 fully saturated rings. The fraction of sp³-hybridized carbons (Fsp3) is 0.410. The molecule has 0 aromatic heterocycles. The third-order valence-electron chi connectivity index (χ3n) is 10.2. The largest absolute Gasteiger partial charge is 0.316 e. The molecule has 11 nitrogen and oxygen atoms in total. The van der Waals surface area contributed by atoms with Gasteiger partial charge in [-0.15, -0.1) is 0 Å². The number of Topliss-reactive ketones (excluding diaryl/α,β-unsaturated/α-hetero) is 1. The van der Waals surface area contributed by atoms with Gasteiger partial charge in [-0.3, -0.25) is 24.7 Å². The van der Waals surface area contributed by atoms with Gasteiger partial charge in [-0.1, -0.05) is 77.9 Å². The van der Waals surface area contributed by atoms with Crippen LogP contribution < -0.4 is 5.32 Å². The minimum atomic E-state index is -0.627. The zero-order valence-corrected chi connectivity index (χ0v) is 28.8. The topological polar surface area (TPSA) is 154 Å². The number of ketones is 1. The standard InChI is InChI=1S/C39H45N7O4/c1-28-36(29(2)48)37(30-18-20-34(21-19-30)46(49)50)38(35(43-28)17-9-10-23-42-44-40)45(27-47)25-11-16-33-26-39(22-24-41-33,31-12-5-3-6-13-31)32-14-7-4-8-15-32/h3-8,12-15,18-21,27,33,36-37,41H,9-11,16-17,22-26H2,1-2H3. The van der Waals surface area contributed by atoms with Gasteiger partial charge in [-0.05, 0) is 87.6 Å². The molecule has 11 heteroatoms. The number of carbonyl (C=O) groups is 2. The van der Waals surface area contributed by atoms with E-state index in [1.54, 1.807) is 17.0 Å². The average molecular weight is 676 g/mol. The van der Waals surface area contributed by atoms with Gasteiger partial charge >= 0.3 is 0 Å². The van der Waals surface area contributed by atoms with Crippen LogP contribution >= 0.6 is 0 Å². The smallest absolute Gasteiger partial charge is 0.269 e. The number of nitrogens with zero attached hydrogens (tertiary/aromatic N) is 6. The fourth-order valence-corrected chi connectivity index (χ4v) is 7.88. The van der Waals surface area contributed by atoms with E-state index in [0.29, 0.717) is 61.4 Å². The van der Waals surface area contributed by atoms with E-state index in [0.717, 1.165) is 32.2 Å². The summed E-state index contributed by atoms with van der Waals surface area (Å²) in [4.78, 5) is 46.7. The van der Waals surface area contributed by atoms with Gasteiger partial charge < -0.3 is 10.2 Å². The van der Waals surface area contributed by atoms with E-state index in [-0.39, 0.29) is 22.9 Å². The monoisotopic (exact) mass is 675 g/mol. The van der Waals surface area contributed by atoms with Gasteiger partial charge in [0.1, 0.15) is 5.78 Å². The number of nitrogens with one attached hydrogen (secondary N) is 1. The zero-order chi connectivity index (χ0) is 35.5. The molecule has 3 atom stereocenters. The van der Waals surface area contributed by atoms with Gasteiger partial charge in [-0.2, -0.15) is 0 Å². The number of hydrogen-bond acceptors (Lipinski definition) is 7. The minimum Gasteiger partial charge on any atom is -0.316 e. The Bertz CT molecular complexity index is 1710. The highest BCUT2D eigenvalue weighted by Crippen LogP contribution is 2.44. The Morgan fingerprint density at radius 1 is 1.06 bits per heavy atom. The second kappa shape index (κ2) is 17.0. The highest BCUT2D eigenvalue weighted by Gasteiger charge is 2.41. The lowest BCUT2D eigenvalue weighted by atomic mass is 9.66. The maximum absolute atomic E-state index is 13.2. The number of aliphatic imine (C=N–C) groups is 1. The molecular weight excluding hydrogens is 630 g/mol. The van der Waals surface area contributed by atoms with Crippen LogP contribution in [0.4, 0.5) is 5.69 Å². The van der Waals surface area contributed by atoms with Crippen molar-refractivity contribution in [3.8, 4) is 0 Å². The Kier molecular flexibility index (Phi) is 12.3. The summed E-state index contributed by atoms with van der Waals surface area (Å²) >= 11 is 0. The van der Waals surface area contributed by atoms with Gasteiger partial charge in [0.2, 0.25) is 6.41 Å². The Morgan fingerprint density at radius 2 is 1.72 bits per heavy atom. The van der Waals surface area contributed by atoms with E-state index in [9.17, 15) is 19.7 Å². The summed E-state index contributed by atoms with van der Waals surface area (Å²) in [6.07, 6.45) is 6.11. The molecule has 3 unspecified atom stereocenters. The third-order valence-corrected chi connectivity index (χ3v) is 10.2. The molecule has 3 aromatic carbocycles. The molecule has 0 spiro atoms. The van der Waals surface area contributed by atoms with Crippen molar-refractivity contribution in [2.75, 3.05) is 19.6 Å². The molecule has 1 N–H and O–H groups in total. The first-order valence-electron chi connectivity index (χ1n) is 17.4. The highest BCUT2D eigenvalue weighted by atomic mass is 16.6. The van der Waals surface area contributed by atoms with E-state index in [4.69, 9.17) is 10.5 Å². The highest BCUT2D eigenvalue weighted by molar-refractivity contribution is 6.05. The first-order chi connectivity index (χ1) is 24.3. The van der Waals surface area contributed by atoms with Gasteiger partial charge in [0, 0.05) is 53.2 Å². The second-order valence-electron chi connectivity index (χ2n) is 13.3. The Hall–Kier alpha value is -5.12. The molecule has 260 valence electrons. The van der Waals surface area contributed by atoms with Crippen LogP contribution in [-0.2, 0) is 15.0 Å². The van der Waals surface area contributed by atoms with Crippen molar-refractivity contribution in [1.29, 1.82) is 0 Å². The van der Waals surface area contributed by atoms with Crippen LogP contribution in [0.3, 0.4) is 0 Å². The number of allylic oxidation sites excluding steroid dienone is 2. The number of amides is 1. The van der Waals surface area contributed by atoms with Gasteiger partial charge in [0.25, 0.3) is 5.69 Å². The zero-order valence-electron chi connectivity index (χ0n) is 28.8. The lowest BCUT2D eigenvalue weighted by Gasteiger charge is -2.43. The molecule has 0 bridgehead atoms. The Morgan fingerprint density at radius 3 is 2.30 bits per heavy atom. The van der Waals surface area contributed by atoms with Crippen LogP contribution in [0.5, 0.6) is 0 Å². The number of piperidine rings is 1. The van der Waals surface area contributed by atoms with E-state index in [1.807, 2.05) is 6.92 Å². The van der Waals surface area contributed by atoms with Crippen molar-refractivity contribution in [1.82, 2.24) is 10.2 Å². The molecule has 3 aromatic rings. The maximum Gasteiger partial charge on any atom is 0.269 e. The van der Waals surface area contributed by atoms with Crippen LogP contribution in [0, 0.1) is 16.0 Å². The quantitative estimate of drug-likeness (QED) is 0.0310. The number of nitro benzene ring substituents is 1. The van der Waals surface area contributed by atoms with Crippen LogP contribution in [-0.4, -0.2) is 53.4 Å². The normalized spacial score (nSPS) is 20.0. The molecule has 1 saturated heterocycles. The van der Waals surface area contributed by atoms with Crippen LogP contribution in [0.2, 0.25) is 0 Å². The van der Waals surface area contributed by atoms with E-state index >= 15 is 0 Å². The molecule has 0 radical (unpaired) electrons. The molecule has 0 aliphatic carbocycles. The van der Waals surface area contributed by atoms with E-state index < -0.39 is 16.8 Å². The van der Waals surface area contributed by atoms with Gasteiger partial charge in [0.15, 0.2) is 0 Å². The van der Waals surface area contributed by atoms with Crippen LogP contribution in [0.1, 0.15) is 81.4 Å². The van der Waals surface area contributed by atoms with Crippen molar-refractivity contribution < 1.29 is 14.5 Å². The van der Waals surface area contributed by atoms with Crippen molar-refractivity contribution in [2.24, 2.45) is 16.0 Å². The summed E-state index contributed by atoms with van der Waals surface area (Å²) in [6.45, 7) is 4.99. The molecule has 0 saturated carbocycles. The first-order valence-corrected chi connectivity index (χ1v) is 17.4. The summed E-state index contributed by atoms with van der Waals surface area (Å²) in [7, 11) is 0. The molecule has 2 aliphatic heterocycles. The Labute approximate surface area is 293 Å². The number of unbranched alkanes of at least 4 members (excludes halogenated alkanes) is 1. The van der Waals surface area contributed by atoms with Crippen LogP contribution in [0.15, 0.2) is 106 Å². The SMILES string of the molecule is CC(=O)C1C(C)=NC(CCCCN=[N+]=[N-])=C(N(C=O)CCCC2CC(c3ccccc3)(c3ccccc3)CCN2)C1c1ccc([N+](=O)[O-])cc1. The number of rotatable bonds is 16. The number of benzene rings is 3. The molecule has 1 amide bonds. The second-order valence-corrected chi connectivity index (χ2v) is 13.3. The number of azide groups is 1. The summed E-state index contributed by atoms with van der Waals surface area (Å²) in [5.74, 6) is -1.26. The molecule has 5 rings (SSSR count). The molecular formula is C39H45N7O4. The molecule has 2 aliphatic rings. The summed E-state index contributed by atoms with van der Waals surface area (Å²) in [5.41, 5.74) is 13.9. The first kappa shape index (κ1) is 36.2. The Balaban J connectivity index is 1.43. The fourth-order valence-electron chi connectivity index (χ4n) is 7.88. The maximum atomic E-state index is 13.2. The van der Waals surface area contributed by atoms with Gasteiger partial charge in [0.05, 0.1) is 22.2 Å². The number of hydrogen-bond donors (Lipinski definition) is 1. The number of carbonyl (C=O) groups excluding carboxylic acids is 2. The minimum absolute atomic E-state index is 0.0487. The molecule has 50 heavy (non-hydrogen) atoms. The predicted molar refractivity (Wildman–Crippen MR) is 195 cm³/mol. The van der Waals surface area contributed by atoms with Crippen molar-refractivity contribution >= 4 is 23.6 Å². The lowest BCUT2D eigenvalue weighted by molar-refractivity contribution is -0.384. The average Bonchev–Trinajstić information content (AvgIpc) is 3.14. The number of non-ortho nitro benzene ring substituents is 1. The summed E-state index contributed by atoms with van der Waals surface area (Å²) < 4.78 is 0. The molecule has 2 heterocycles. The van der Waals surface area contributed by atoms with Crippen molar-refractivity contribution in [2.45, 2.75) is 76.2 Å². The van der Waals surface area contributed by atoms with E-state index in [2.05, 4.69) is 76.0 Å².